The second kappa shape index (κ2) is 3.95. The van der Waals surface area contributed by atoms with Crippen molar-refractivity contribution < 1.29 is 9.18 Å². The number of nitrogens with one attached hydrogen (secondary N) is 2. The van der Waals surface area contributed by atoms with Crippen LogP contribution in [-0.4, -0.2) is 31.2 Å². The molecule has 0 bridgehead atoms. The molecule has 96 valence electrons. The van der Waals surface area contributed by atoms with Gasteiger partial charge in [0.15, 0.2) is 0 Å². The van der Waals surface area contributed by atoms with E-state index in [0.717, 1.165) is 31.7 Å². The van der Waals surface area contributed by atoms with E-state index in [9.17, 15) is 9.18 Å². The Bertz CT molecular complexity index is 497. The topological polar surface area (TPSA) is 44.4 Å². The number of hydrogen-bond donors (Lipinski definition) is 2. The minimum atomic E-state index is -0.375. The number of carbonyl (C=O) groups excluding carboxylic acids is 1. The number of anilines is 1. The zero-order valence-electron chi connectivity index (χ0n) is 10.3. The van der Waals surface area contributed by atoms with E-state index in [2.05, 4.69) is 15.5 Å². The van der Waals surface area contributed by atoms with Gasteiger partial charge in [0, 0.05) is 19.5 Å². The molecular formula is C13H16FN3O. The standard InChI is InChI=1S/C13H16FN3O/c1-2-17-11-4-3-9(14)7-10(11)12(18)16-13(17)5-6-15-8-13/h3-4,7,15H,2,5-6,8H2,1H3,(H,16,18)/t13-/m0/s1. The molecule has 0 unspecified atom stereocenters. The SMILES string of the molecule is CCN1c2ccc(F)cc2C(=O)N[C@@]12CCNC2. The van der Waals surface area contributed by atoms with Gasteiger partial charge in [0.25, 0.3) is 5.91 Å². The van der Waals surface area contributed by atoms with Crippen molar-refractivity contribution in [2.75, 3.05) is 24.5 Å². The predicted molar refractivity (Wildman–Crippen MR) is 67.1 cm³/mol. The third kappa shape index (κ3) is 1.50. The summed E-state index contributed by atoms with van der Waals surface area (Å²) in [7, 11) is 0. The van der Waals surface area contributed by atoms with Gasteiger partial charge in [-0.1, -0.05) is 0 Å². The molecular weight excluding hydrogens is 233 g/mol. The van der Waals surface area contributed by atoms with Crippen molar-refractivity contribution in [1.82, 2.24) is 10.6 Å². The van der Waals surface area contributed by atoms with Crippen molar-refractivity contribution in [3.8, 4) is 0 Å². The number of hydrogen-bond acceptors (Lipinski definition) is 3. The van der Waals surface area contributed by atoms with Gasteiger partial charge < -0.3 is 15.5 Å². The van der Waals surface area contributed by atoms with E-state index in [0.29, 0.717) is 5.56 Å². The fourth-order valence-corrected chi connectivity index (χ4v) is 2.99. The Hall–Kier alpha value is -1.62. The van der Waals surface area contributed by atoms with Gasteiger partial charge in [0.1, 0.15) is 11.5 Å². The van der Waals surface area contributed by atoms with Crippen LogP contribution in [0.4, 0.5) is 10.1 Å². The maximum atomic E-state index is 13.3. The van der Waals surface area contributed by atoms with Gasteiger partial charge in [-0.15, -0.1) is 0 Å². The highest BCUT2D eigenvalue weighted by Gasteiger charge is 2.45. The normalized spacial score (nSPS) is 26.3. The highest BCUT2D eigenvalue weighted by Crippen LogP contribution is 2.34. The number of halogens is 1. The number of benzene rings is 1. The number of rotatable bonds is 1. The van der Waals surface area contributed by atoms with E-state index in [1.807, 2.05) is 6.92 Å². The molecule has 1 fully saturated rings. The summed E-state index contributed by atoms with van der Waals surface area (Å²) in [6.45, 7) is 4.43. The lowest BCUT2D eigenvalue weighted by atomic mass is 9.98. The van der Waals surface area contributed by atoms with Crippen LogP contribution in [0.3, 0.4) is 0 Å². The first-order chi connectivity index (χ1) is 8.66. The van der Waals surface area contributed by atoms with Gasteiger partial charge in [0.05, 0.1) is 11.3 Å². The van der Waals surface area contributed by atoms with Gasteiger partial charge in [-0.3, -0.25) is 4.79 Å². The lowest BCUT2D eigenvalue weighted by Crippen LogP contribution is -2.65. The monoisotopic (exact) mass is 249 g/mol. The molecule has 1 amide bonds. The second-order valence-corrected chi connectivity index (χ2v) is 4.82. The molecule has 5 heteroatoms. The van der Waals surface area contributed by atoms with E-state index < -0.39 is 0 Å². The summed E-state index contributed by atoms with van der Waals surface area (Å²) in [6, 6.07) is 4.42. The number of amides is 1. The molecule has 1 atom stereocenters. The summed E-state index contributed by atoms with van der Waals surface area (Å²) in [5.41, 5.74) is 0.900. The Morgan fingerprint density at radius 3 is 3.00 bits per heavy atom. The molecule has 0 saturated carbocycles. The molecule has 1 saturated heterocycles. The Morgan fingerprint density at radius 1 is 1.50 bits per heavy atom. The van der Waals surface area contributed by atoms with Crippen LogP contribution in [-0.2, 0) is 0 Å². The third-order valence-electron chi connectivity index (χ3n) is 3.81. The molecule has 0 radical (unpaired) electrons. The average Bonchev–Trinajstić information content (AvgIpc) is 2.80. The van der Waals surface area contributed by atoms with Crippen LogP contribution in [0, 0.1) is 5.82 Å². The molecule has 3 rings (SSSR count). The molecule has 1 spiro atoms. The van der Waals surface area contributed by atoms with E-state index in [-0.39, 0.29) is 17.4 Å². The summed E-state index contributed by atoms with van der Waals surface area (Å²) in [5, 5.41) is 6.31. The Balaban J connectivity index is 2.12. The first-order valence-corrected chi connectivity index (χ1v) is 6.27. The lowest BCUT2D eigenvalue weighted by molar-refractivity contribution is 0.0889. The van der Waals surface area contributed by atoms with E-state index in [4.69, 9.17) is 0 Å². The van der Waals surface area contributed by atoms with Crippen molar-refractivity contribution in [2.45, 2.75) is 19.0 Å². The molecule has 2 aliphatic rings. The number of fused-ring (bicyclic) bond motifs is 1. The van der Waals surface area contributed by atoms with Crippen molar-refractivity contribution in [3.05, 3.63) is 29.6 Å². The van der Waals surface area contributed by atoms with Crippen LogP contribution in [0.2, 0.25) is 0 Å². The quantitative estimate of drug-likeness (QED) is 0.783. The van der Waals surface area contributed by atoms with Crippen molar-refractivity contribution >= 4 is 11.6 Å². The summed E-state index contributed by atoms with van der Waals surface area (Å²) in [5.74, 6) is -0.557. The minimum absolute atomic E-state index is 0.182. The number of carbonyl (C=O) groups is 1. The van der Waals surface area contributed by atoms with E-state index in [1.165, 1.54) is 12.1 Å². The zero-order valence-corrected chi connectivity index (χ0v) is 10.3. The van der Waals surface area contributed by atoms with Crippen LogP contribution in [0.25, 0.3) is 0 Å². The Labute approximate surface area is 105 Å². The Morgan fingerprint density at radius 2 is 2.33 bits per heavy atom. The highest BCUT2D eigenvalue weighted by molar-refractivity contribution is 6.02. The average molecular weight is 249 g/mol. The summed E-state index contributed by atoms with van der Waals surface area (Å²) in [4.78, 5) is 14.3. The third-order valence-corrected chi connectivity index (χ3v) is 3.81. The smallest absolute Gasteiger partial charge is 0.255 e. The van der Waals surface area contributed by atoms with Crippen molar-refractivity contribution in [2.24, 2.45) is 0 Å². The molecule has 0 aliphatic carbocycles. The van der Waals surface area contributed by atoms with Crippen LogP contribution >= 0.6 is 0 Å². The van der Waals surface area contributed by atoms with Gasteiger partial charge in [0.2, 0.25) is 0 Å². The fourth-order valence-electron chi connectivity index (χ4n) is 2.99. The van der Waals surface area contributed by atoms with Crippen LogP contribution in [0.1, 0.15) is 23.7 Å². The van der Waals surface area contributed by atoms with Gasteiger partial charge >= 0.3 is 0 Å². The first kappa shape index (κ1) is 11.5. The summed E-state index contributed by atoms with van der Waals surface area (Å²) < 4.78 is 13.3. The molecule has 2 aliphatic heterocycles. The van der Waals surface area contributed by atoms with Crippen LogP contribution in [0.15, 0.2) is 18.2 Å². The molecule has 1 aromatic carbocycles. The Kier molecular flexibility index (Phi) is 2.52. The van der Waals surface area contributed by atoms with Gasteiger partial charge in [-0.2, -0.15) is 0 Å². The second-order valence-electron chi connectivity index (χ2n) is 4.82. The fraction of sp³-hybridized carbons (Fsp3) is 0.462. The molecule has 2 N–H and O–H groups in total. The summed E-state index contributed by atoms with van der Waals surface area (Å²) >= 11 is 0. The zero-order chi connectivity index (χ0) is 12.8. The van der Waals surface area contributed by atoms with Crippen molar-refractivity contribution in [1.29, 1.82) is 0 Å². The van der Waals surface area contributed by atoms with E-state index >= 15 is 0 Å². The highest BCUT2D eigenvalue weighted by atomic mass is 19.1. The maximum Gasteiger partial charge on any atom is 0.255 e. The first-order valence-electron chi connectivity index (χ1n) is 6.27. The largest absolute Gasteiger partial charge is 0.347 e. The van der Waals surface area contributed by atoms with Crippen molar-refractivity contribution in [3.63, 3.8) is 0 Å². The molecule has 0 aromatic heterocycles. The van der Waals surface area contributed by atoms with Gasteiger partial charge in [-0.05, 0) is 31.7 Å². The van der Waals surface area contributed by atoms with Crippen LogP contribution in [0.5, 0.6) is 0 Å². The number of nitrogens with zero attached hydrogens (tertiary/aromatic N) is 1. The lowest BCUT2D eigenvalue weighted by Gasteiger charge is -2.46. The maximum absolute atomic E-state index is 13.3. The molecule has 1 aromatic rings. The predicted octanol–water partition coefficient (Wildman–Crippen LogP) is 1.08. The minimum Gasteiger partial charge on any atom is -0.347 e. The van der Waals surface area contributed by atoms with E-state index in [1.54, 1.807) is 6.07 Å². The summed E-state index contributed by atoms with van der Waals surface area (Å²) in [6.07, 6.45) is 0.864. The van der Waals surface area contributed by atoms with Crippen LogP contribution < -0.4 is 15.5 Å². The molecule has 2 heterocycles. The molecule has 18 heavy (non-hydrogen) atoms. The molecule has 4 nitrogen and oxygen atoms in total. The number of likely N-dealkylation sites (N-methyl/N-ethyl adjacent to an activating group) is 1. The van der Waals surface area contributed by atoms with Gasteiger partial charge in [-0.25, -0.2) is 4.39 Å².